The number of rotatable bonds is 8. The molecule has 2 aliphatic rings. The fourth-order valence-corrected chi connectivity index (χ4v) is 5.70. The summed E-state index contributed by atoms with van der Waals surface area (Å²) in [7, 11) is 5.10. The normalized spacial score (nSPS) is 18.1. The maximum Gasteiger partial charge on any atom is 0.173 e. The molecule has 0 radical (unpaired) electrons. The predicted molar refractivity (Wildman–Crippen MR) is 138 cm³/mol. The van der Waals surface area contributed by atoms with E-state index in [2.05, 4.69) is 48.2 Å². The lowest BCUT2D eigenvalue weighted by Gasteiger charge is -2.40. The van der Waals surface area contributed by atoms with Crippen LogP contribution in [0.25, 0.3) is 0 Å². The number of benzene rings is 2. The van der Waals surface area contributed by atoms with Crippen LogP contribution in [0.3, 0.4) is 0 Å². The smallest absolute Gasteiger partial charge is 0.173 e. The number of para-hydroxylation sites is 3. The summed E-state index contributed by atoms with van der Waals surface area (Å²) >= 11 is 0. The summed E-state index contributed by atoms with van der Waals surface area (Å²) in [6, 6.07) is 14.5. The Morgan fingerprint density at radius 2 is 1.53 bits per heavy atom. The Hall–Kier alpha value is -3.33. The standard InChI is InChI=1S/C27H36N6O3/c1-34-23-14-8-7-13-22(23)31-16-18-32(19-17-31)25(21-12-9-15-24(35-2)26(21)36-3)27-28-29-30-33(27)20-10-5-4-6-11-20/h7-9,12-15,20,25H,4-6,10-11,16-19H2,1-3H3/t25-/m1/s1. The van der Waals surface area contributed by atoms with E-state index in [0.29, 0.717) is 11.8 Å². The molecule has 0 unspecified atom stereocenters. The first-order valence-corrected chi connectivity index (χ1v) is 12.9. The van der Waals surface area contributed by atoms with Gasteiger partial charge in [-0.1, -0.05) is 43.5 Å². The molecule has 5 rings (SSSR count). The highest BCUT2D eigenvalue weighted by molar-refractivity contribution is 5.58. The fraction of sp³-hybridized carbons (Fsp3) is 0.519. The lowest BCUT2D eigenvalue weighted by Crippen LogP contribution is -2.48. The zero-order valence-corrected chi connectivity index (χ0v) is 21.5. The number of piperazine rings is 1. The van der Waals surface area contributed by atoms with Crippen molar-refractivity contribution >= 4 is 5.69 Å². The average Bonchev–Trinajstić information content (AvgIpc) is 3.43. The van der Waals surface area contributed by atoms with Crippen molar-refractivity contribution in [3.63, 3.8) is 0 Å². The van der Waals surface area contributed by atoms with Gasteiger partial charge in [0.1, 0.15) is 11.8 Å². The van der Waals surface area contributed by atoms with Crippen LogP contribution in [0.1, 0.15) is 55.6 Å². The third-order valence-corrected chi connectivity index (χ3v) is 7.52. The summed E-state index contributed by atoms with van der Waals surface area (Å²) in [4.78, 5) is 4.85. The van der Waals surface area contributed by atoms with Gasteiger partial charge in [-0.2, -0.15) is 0 Å². The Labute approximate surface area is 212 Å². The van der Waals surface area contributed by atoms with E-state index in [4.69, 9.17) is 14.2 Å². The molecule has 1 saturated heterocycles. The molecule has 1 aliphatic carbocycles. The van der Waals surface area contributed by atoms with Gasteiger partial charge in [-0.05, 0) is 41.5 Å². The van der Waals surface area contributed by atoms with Crippen molar-refractivity contribution in [2.75, 3.05) is 52.4 Å². The first-order chi connectivity index (χ1) is 17.7. The van der Waals surface area contributed by atoms with Gasteiger partial charge in [-0.15, -0.1) is 5.10 Å². The van der Waals surface area contributed by atoms with E-state index in [1.165, 1.54) is 19.3 Å². The highest BCUT2D eigenvalue weighted by Crippen LogP contribution is 2.41. The van der Waals surface area contributed by atoms with Crippen LogP contribution in [-0.4, -0.2) is 72.6 Å². The molecule has 2 heterocycles. The van der Waals surface area contributed by atoms with Crippen LogP contribution in [0.15, 0.2) is 42.5 Å². The molecule has 1 atom stereocenters. The van der Waals surface area contributed by atoms with E-state index in [1.54, 1.807) is 21.3 Å². The Bertz CT molecular complexity index is 1140. The quantitative estimate of drug-likeness (QED) is 0.465. The van der Waals surface area contributed by atoms with Gasteiger partial charge in [-0.25, -0.2) is 4.68 Å². The van der Waals surface area contributed by atoms with Crippen molar-refractivity contribution < 1.29 is 14.2 Å². The van der Waals surface area contributed by atoms with E-state index in [1.807, 2.05) is 24.3 Å². The summed E-state index contributed by atoms with van der Waals surface area (Å²) < 4.78 is 19.2. The number of methoxy groups -OCH3 is 3. The Morgan fingerprint density at radius 3 is 2.25 bits per heavy atom. The van der Waals surface area contributed by atoms with Gasteiger partial charge >= 0.3 is 0 Å². The first kappa shape index (κ1) is 24.4. The molecule has 2 aromatic carbocycles. The molecule has 2 fully saturated rings. The van der Waals surface area contributed by atoms with E-state index in [9.17, 15) is 0 Å². The number of aromatic nitrogens is 4. The zero-order valence-electron chi connectivity index (χ0n) is 21.5. The first-order valence-electron chi connectivity index (χ1n) is 12.9. The summed E-state index contributed by atoms with van der Waals surface area (Å²) in [5.74, 6) is 3.22. The van der Waals surface area contributed by atoms with E-state index >= 15 is 0 Å². The van der Waals surface area contributed by atoms with Crippen LogP contribution in [0.4, 0.5) is 5.69 Å². The third-order valence-electron chi connectivity index (χ3n) is 7.52. The molecule has 0 spiro atoms. The molecule has 9 nitrogen and oxygen atoms in total. The van der Waals surface area contributed by atoms with Gasteiger partial charge in [0.15, 0.2) is 17.3 Å². The highest BCUT2D eigenvalue weighted by Gasteiger charge is 2.35. The van der Waals surface area contributed by atoms with Crippen LogP contribution in [0, 0.1) is 0 Å². The Kier molecular flexibility index (Phi) is 7.55. The second kappa shape index (κ2) is 11.2. The predicted octanol–water partition coefficient (Wildman–Crippen LogP) is 4.12. The molecule has 3 aromatic rings. The highest BCUT2D eigenvalue weighted by atomic mass is 16.5. The van der Waals surface area contributed by atoms with Gasteiger partial charge < -0.3 is 19.1 Å². The molecule has 0 bridgehead atoms. The molecule has 9 heteroatoms. The average molecular weight is 493 g/mol. The molecule has 0 amide bonds. The van der Waals surface area contributed by atoms with Crippen LogP contribution >= 0.6 is 0 Å². The van der Waals surface area contributed by atoms with Crippen molar-refractivity contribution in [1.82, 2.24) is 25.1 Å². The second-order valence-corrected chi connectivity index (χ2v) is 9.45. The number of nitrogens with zero attached hydrogens (tertiary/aromatic N) is 6. The molecule has 192 valence electrons. The minimum Gasteiger partial charge on any atom is -0.495 e. The van der Waals surface area contributed by atoms with Crippen LogP contribution < -0.4 is 19.1 Å². The number of hydrogen-bond donors (Lipinski definition) is 0. The van der Waals surface area contributed by atoms with Crippen LogP contribution in [0.5, 0.6) is 17.2 Å². The van der Waals surface area contributed by atoms with Gasteiger partial charge in [0.2, 0.25) is 0 Å². The summed E-state index contributed by atoms with van der Waals surface area (Å²) in [5.41, 5.74) is 2.15. The van der Waals surface area contributed by atoms with Crippen molar-refractivity contribution in [1.29, 1.82) is 0 Å². The minimum absolute atomic E-state index is 0.146. The fourth-order valence-electron chi connectivity index (χ4n) is 5.70. The summed E-state index contributed by atoms with van der Waals surface area (Å²) in [5, 5.41) is 13.3. The second-order valence-electron chi connectivity index (χ2n) is 9.45. The van der Waals surface area contributed by atoms with E-state index < -0.39 is 0 Å². The van der Waals surface area contributed by atoms with Crippen molar-refractivity contribution in [3.8, 4) is 17.2 Å². The molecule has 1 saturated carbocycles. The van der Waals surface area contributed by atoms with Crippen LogP contribution in [0.2, 0.25) is 0 Å². The van der Waals surface area contributed by atoms with Crippen LogP contribution in [-0.2, 0) is 0 Å². The van der Waals surface area contributed by atoms with Crippen molar-refractivity contribution in [2.24, 2.45) is 0 Å². The molecule has 1 aliphatic heterocycles. The van der Waals surface area contributed by atoms with Gasteiger partial charge in [0.25, 0.3) is 0 Å². The number of ether oxygens (including phenoxy) is 3. The SMILES string of the molecule is COc1ccccc1N1CCN([C@H](c2cccc(OC)c2OC)c2nnnn2C2CCCCC2)CC1. The molecule has 0 N–H and O–H groups in total. The third kappa shape index (κ3) is 4.72. The van der Waals surface area contributed by atoms with E-state index in [-0.39, 0.29) is 6.04 Å². The lowest BCUT2D eigenvalue weighted by atomic mass is 9.94. The largest absolute Gasteiger partial charge is 0.495 e. The maximum atomic E-state index is 5.89. The Morgan fingerprint density at radius 1 is 0.806 bits per heavy atom. The van der Waals surface area contributed by atoms with Crippen molar-refractivity contribution in [2.45, 2.75) is 44.2 Å². The Balaban J connectivity index is 1.50. The van der Waals surface area contributed by atoms with Gasteiger partial charge in [0.05, 0.1) is 33.1 Å². The summed E-state index contributed by atoms with van der Waals surface area (Å²) in [6.45, 7) is 3.43. The van der Waals surface area contributed by atoms with E-state index in [0.717, 1.165) is 67.6 Å². The number of anilines is 1. The molecular weight excluding hydrogens is 456 g/mol. The topological polar surface area (TPSA) is 77.8 Å². The monoisotopic (exact) mass is 492 g/mol. The zero-order chi connectivity index (χ0) is 24.9. The molecule has 1 aromatic heterocycles. The minimum atomic E-state index is -0.146. The maximum absolute atomic E-state index is 5.89. The molecular formula is C27H36N6O3. The number of hydrogen-bond acceptors (Lipinski definition) is 8. The number of tetrazole rings is 1. The van der Waals surface area contributed by atoms with Crippen molar-refractivity contribution in [3.05, 3.63) is 53.9 Å². The van der Waals surface area contributed by atoms with Gasteiger partial charge in [0, 0.05) is 31.7 Å². The lowest BCUT2D eigenvalue weighted by molar-refractivity contribution is 0.189. The van der Waals surface area contributed by atoms with Gasteiger partial charge in [-0.3, -0.25) is 4.90 Å². The molecule has 36 heavy (non-hydrogen) atoms. The summed E-state index contributed by atoms with van der Waals surface area (Å²) in [6.07, 6.45) is 5.94.